The van der Waals surface area contributed by atoms with Crippen molar-refractivity contribution < 1.29 is 4.52 Å². The van der Waals surface area contributed by atoms with Gasteiger partial charge in [-0.05, 0) is 23.8 Å². The Morgan fingerprint density at radius 3 is 2.85 bits per heavy atom. The number of guanidine groups is 1. The Labute approximate surface area is 180 Å². The summed E-state index contributed by atoms with van der Waals surface area (Å²) < 4.78 is 7.31. The highest BCUT2D eigenvalue weighted by Gasteiger charge is 2.09. The summed E-state index contributed by atoms with van der Waals surface area (Å²) in [6.45, 7) is 1.34. The second-order valence-electron chi connectivity index (χ2n) is 5.81. The molecule has 0 atom stereocenters. The maximum absolute atomic E-state index is 5.99. The Morgan fingerprint density at radius 2 is 2.15 bits per heavy atom. The van der Waals surface area contributed by atoms with Gasteiger partial charge in [0.05, 0.1) is 0 Å². The van der Waals surface area contributed by atoms with Crippen molar-refractivity contribution in [3.05, 3.63) is 59.2 Å². The van der Waals surface area contributed by atoms with Gasteiger partial charge in [0.25, 0.3) is 0 Å². The number of aliphatic imine (C=N–C) groups is 1. The summed E-state index contributed by atoms with van der Waals surface area (Å²) >= 11 is 5.99. The monoisotopic (exact) mass is 500 g/mol. The van der Waals surface area contributed by atoms with E-state index in [-0.39, 0.29) is 24.0 Å². The molecule has 0 unspecified atom stereocenters. The van der Waals surface area contributed by atoms with E-state index in [1.165, 1.54) is 5.56 Å². The molecule has 144 valence electrons. The van der Waals surface area contributed by atoms with Crippen LogP contribution in [0.5, 0.6) is 0 Å². The minimum absolute atomic E-state index is 0. The predicted molar refractivity (Wildman–Crippen MR) is 117 cm³/mol. The summed E-state index contributed by atoms with van der Waals surface area (Å²) in [6, 6.07) is 9.44. The summed E-state index contributed by atoms with van der Waals surface area (Å²) in [5.41, 5.74) is 2.03. The highest BCUT2D eigenvalue weighted by Crippen LogP contribution is 2.19. The third-order valence-corrected chi connectivity index (χ3v) is 3.99. The Hall–Kier alpha value is -2.07. The molecule has 2 N–H and O–H groups in total. The van der Waals surface area contributed by atoms with Crippen LogP contribution in [0, 0.1) is 0 Å². The lowest BCUT2D eigenvalue weighted by Crippen LogP contribution is -2.37. The SMILES string of the molecule is CN=C(NCCc1nc(-c2cccc(Cl)c2)no1)NCc1ccn(C)c1.I. The topological polar surface area (TPSA) is 80.3 Å². The Balaban J connectivity index is 0.00000261. The summed E-state index contributed by atoms with van der Waals surface area (Å²) in [4.78, 5) is 8.61. The van der Waals surface area contributed by atoms with Crippen LogP contribution in [0.3, 0.4) is 0 Å². The maximum Gasteiger partial charge on any atom is 0.228 e. The molecule has 0 aliphatic heterocycles. The van der Waals surface area contributed by atoms with E-state index in [2.05, 4.69) is 38.0 Å². The van der Waals surface area contributed by atoms with Gasteiger partial charge in [-0.2, -0.15) is 4.98 Å². The van der Waals surface area contributed by atoms with Crippen LogP contribution in [0.25, 0.3) is 11.4 Å². The van der Waals surface area contributed by atoms with Gasteiger partial charge in [-0.1, -0.05) is 28.9 Å². The molecule has 3 aromatic rings. The normalized spacial score (nSPS) is 11.1. The molecule has 2 heterocycles. The largest absolute Gasteiger partial charge is 0.357 e. The molecule has 3 rings (SSSR count). The Bertz CT molecular complexity index is 891. The van der Waals surface area contributed by atoms with E-state index in [1.54, 1.807) is 7.05 Å². The van der Waals surface area contributed by atoms with E-state index in [0.29, 0.717) is 36.2 Å². The molecular weight excluding hydrogens is 479 g/mol. The van der Waals surface area contributed by atoms with Crippen LogP contribution in [-0.2, 0) is 20.0 Å². The third kappa shape index (κ3) is 6.24. The van der Waals surface area contributed by atoms with E-state index < -0.39 is 0 Å². The fourth-order valence-corrected chi connectivity index (χ4v) is 2.65. The van der Waals surface area contributed by atoms with Gasteiger partial charge in [0.2, 0.25) is 11.7 Å². The molecule has 0 radical (unpaired) electrons. The average Bonchev–Trinajstić information content (AvgIpc) is 3.27. The molecule has 0 amide bonds. The lowest BCUT2D eigenvalue weighted by atomic mass is 10.2. The zero-order valence-electron chi connectivity index (χ0n) is 15.1. The van der Waals surface area contributed by atoms with Crippen molar-refractivity contribution in [1.29, 1.82) is 0 Å². The molecule has 0 spiro atoms. The molecule has 0 saturated heterocycles. The number of rotatable bonds is 6. The van der Waals surface area contributed by atoms with E-state index in [9.17, 15) is 0 Å². The van der Waals surface area contributed by atoms with Gasteiger partial charge in [0.15, 0.2) is 5.96 Å². The van der Waals surface area contributed by atoms with Crippen molar-refractivity contribution in [2.24, 2.45) is 12.0 Å². The van der Waals surface area contributed by atoms with Crippen LogP contribution in [0.4, 0.5) is 0 Å². The summed E-state index contributed by atoms with van der Waals surface area (Å²) in [6.07, 6.45) is 4.68. The van der Waals surface area contributed by atoms with Crippen molar-refractivity contribution in [2.75, 3.05) is 13.6 Å². The van der Waals surface area contributed by atoms with Gasteiger partial charge in [0.1, 0.15) is 0 Å². The minimum Gasteiger partial charge on any atom is -0.357 e. The third-order valence-electron chi connectivity index (χ3n) is 3.76. The zero-order chi connectivity index (χ0) is 18.4. The maximum atomic E-state index is 5.99. The first-order chi connectivity index (χ1) is 12.6. The number of halogens is 2. The first-order valence-electron chi connectivity index (χ1n) is 8.28. The first kappa shape index (κ1) is 21.2. The smallest absolute Gasteiger partial charge is 0.228 e. The predicted octanol–water partition coefficient (Wildman–Crippen LogP) is 3.25. The van der Waals surface area contributed by atoms with Crippen molar-refractivity contribution in [3.8, 4) is 11.4 Å². The van der Waals surface area contributed by atoms with E-state index >= 15 is 0 Å². The lowest BCUT2D eigenvalue weighted by Gasteiger charge is -2.10. The standard InChI is InChI=1S/C18H21ClN6O.HI/c1-20-18(22-11-13-7-9-25(2)12-13)21-8-6-16-23-17(24-26-16)14-4-3-5-15(19)10-14;/h3-5,7,9-10,12H,6,8,11H2,1-2H3,(H2,20,21,22);1H. The van der Waals surface area contributed by atoms with E-state index in [0.717, 1.165) is 11.5 Å². The number of nitrogens with one attached hydrogen (secondary N) is 2. The highest BCUT2D eigenvalue weighted by molar-refractivity contribution is 14.0. The van der Waals surface area contributed by atoms with Crippen molar-refractivity contribution in [2.45, 2.75) is 13.0 Å². The fourth-order valence-electron chi connectivity index (χ4n) is 2.46. The second-order valence-corrected chi connectivity index (χ2v) is 6.25. The molecule has 0 bridgehead atoms. The minimum atomic E-state index is 0. The van der Waals surface area contributed by atoms with Gasteiger partial charge in [-0.15, -0.1) is 24.0 Å². The summed E-state index contributed by atoms with van der Waals surface area (Å²) in [5, 5.41) is 11.1. The number of aryl methyl sites for hydroxylation is 1. The fraction of sp³-hybridized carbons (Fsp3) is 0.278. The summed E-state index contributed by atoms with van der Waals surface area (Å²) in [5.74, 6) is 1.82. The van der Waals surface area contributed by atoms with Crippen LogP contribution >= 0.6 is 35.6 Å². The van der Waals surface area contributed by atoms with Gasteiger partial charge in [-0.3, -0.25) is 4.99 Å². The van der Waals surface area contributed by atoms with Gasteiger partial charge in [0, 0.05) is 56.6 Å². The van der Waals surface area contributed by atoms with Gasteiger partial charge < -0.3 is 19.7 Å². The quantitative estimate of drug-likeness (QED) is 0.309. The van der Waals surface area contributed by atoms with Crippen LogP contribution in [0.2, 0.25) is 5.02 Å². The van der Waals surface area contributed by atoms with Crippen LogP contribution in [-0.4, -0.2) is 34.3 Å². The van der Waals surface area contributed by atoms with Gasteiger partial charge >= 0.3 is 0 Å². The average molecular weight is 501 g/mol. The van der Waals surface area contributed by atoms with Gasteiger partial charge in [-0.25, -0.2) is 0 Å². The number of aromatic nitrogens is 3. The molecule has 1 aromatic carbocycles. The number of benzene rings is 1. The first-order valence-corrected chi connectivity index (χ1v) is 8.66. The molecule has 0 saturated carbocycles. The van der Waals surface area contributed by atoms with E-state index in [4.69, 9.17) is 16.1 Å². The molecule has 0 fully saturated rings. The lowest BCUT2D eigenvalue weighted by molar-refractivity contribution is 0.378. The molecule has 0 aliphatic carbocycles. The Kier molecular flexibility index (Phi) is 8.11. The molecule has 9 heteroatoms. The van der Waals surface area contributed by atoms with Crippen molar-refractivity contribution >= 4 is 41.5 Å². The number of nitrogens with zero attached hydrogens (tertiary/aromatic N) is 4. The van der Waals surface area contributed by atoms with Crippen molar-refractivity contribution in [1.82, 2.24) is 25.3 Å². The molecule has 2 aromatic heterocycles. The van der Waals surface area contributed by atoms with Crippen LogP contribution < -0.4 is 10.6 Å². The summed E-state index contributed by atoms with van der Waals surface area (Å²) in [7, 11) is 3.74. The van der Waals surface area contributed by atoms with Crippen LogP contribution in [0.15, 0.2) is 52.2 Å². The van der Waals surface area contributed by atoms with Crippen LogP contribution in [0.1, 0.15) is 11.5 Å². The number of hydrogen-bond acceptors (Lipinski definition) is 4. The highest BCUT2D eigenvalue weighted by atomic mass is 127. The molecule has 0 aliphatic rings. The number of hydrogen-bond donors (Lipinski definition) is 2. The molecule has 7 nitrogen and oxygen atoms in total. The molecule has 27 heavy (non-hydrogen) atoms. The zero-order valence-corrected chi connectivity index (χ0v) is 18.2. The van der Waals surface area contributed by atoms with E-state index in [1.807, 2.05) is 42.1 Å². The molecular formula is C18H22ClIN6O. The second kappa shape index (κ2) is 10.3. The van der Waals surface area contributed by atoms with Crippen molar-refractivity contribution in [3.63, 3.8) is 0 Å². The Morgan fingerprint density at radius 1 is 1.30 bits per heavy atom.